The zero-order valence-electron chi connectivity index (χ0n) is 17.0. The molecule has 0 saturated carbocycles. The van der Waals surface area contributed by atoms with Crippen molar-refractivity contribution in [3.63, 3.8) is 0 Å². The predicted molar refractivity (Wildman–Crippen MR) is 120 cm³/mol. The normalized spacial score (nSPS) is 13.5. The van der Waals surface area contributed by atoms with Crippen molar-refractivity contribution in [2.75, 3.05) is 23.9 Å². The molecule has 7 heteroatoms. The Kier molecular flexibility index (Phi) is 6.93. The number of amides is 1. The molecule has 0 unspecified atom stereocenters. The lowest BCUT2D eigenvalue weighted by molar-refractivity contribution is -0.117. The van der Waals surface area contributed by atoms with Crippen LogP contribution in [0.15, 0.2) is 42.5 Å². The largest absolute Gasteiger partial charge is 0.493 e. The molecule has 29 heavy (non-hydrogen) atoms. The van der Waals surface area contributed by atoms with Gasteiger partial charge in [0.15, 0.2) is 16.6 Å². The smallest absolute Gasteiger partial charge is 0.227 e. The summed E-state index contributed by atoms with van der Waals surface area (Å²) in [5.74, 6) is 1.61. The van der Waals surface area contributed by atoms with Crippen LogP contribution >= 0.6 is 12.2 Å². The average Bonchev–Trinajstić information content (AvgIpc) is 3.13. The molecule has 1 aliphatic rings. The van der Waals surface area contributed by atoms with Crippen LogP contribution in [0.25, 0.3) is 0 Å². The highest BCUT2D eigenvalue weighted by atomic mass is 32.1. The van der Waals surface area contributed by atoms with Crippen molar-refractivity contribution in [2.24, 2.45) is 0 Å². The summed E-state index contributed by atoms with van der Waals surface area (Å²) in [6.07, 6.45) is 1.63. The number of rotatable bonds is 7. The van der Waals surface area contributed by atoms with Crippen LogP contribution in [-0.2, 0) is 11.3 Å². The van der Waals surface area contributed by atoms with Gasteiger partial charge in [-0.1, -0.05) is 6.07 Å². The van der Waals surface area contributed by atoms with E-state index < -0.39 is 0 Å². The minimum absolute atomic E-state index is 0.0830. The maximum absolute atomic E-state index is 11.8. The van der Waals surface area contributed by atoms with Crippen LogP contribution in [0.1, 0.15) is 32.3 Å². The van der Waals surface area contributed by atoms with Crippen LogP contribution in [0.2, 0.25) is 0 Å². The van der Waals surface area contributed by atoms with Crippen molar-refractivity contribution in [3.8, 4) is 11.5 Å². The van der Waals surface area contributed by atoms with E-state index in [0.29, 0.717) is 23.8 Å². The van der Waals surface area contributed by atoms with Crippen molar-refractivity contribution >= 4 is 34.6 Å². The Hall–Kier alpha value is -2.80. The quantitative estimate of drug-likeness (QED) is 0.667. The molecular formula is C22H27N3O3S. The lowest BCUT2D eigenvalue weighted by Crippen LogP contribution is -2.28. The lowest BCUT2D eigenvalue weighted by atomic mass is 10.2. The first kappa shape index (κ1) is 20.9. The Morgan fingerprint density at radius 2 is 1.93 bits per heavy atom. The molecule has 1 amide bonds. The molecule has 0 radical (unpaired) electrons. The Morgan fingerprint density at radius 3 is 2.55 bits per heavy atom. The van der Waals surface area contributed by atoms with Gasteiger partial charge in [-0.05, 0) is 74.4 Å². The van der Waals surface area contributed by atoms with E-state index in [1.165, 1.54) is 0 Å². The summed E-state index contributed by atoms with van der Waals surface area (Å²) in [5, 5.41) is 6.89. The number of nitrogens with zero attached hydrogens (tertiary/aromatic N) is 1. The van der Waals surface area contributed by atoms with E-state index in [4.69, 9.17) is 21.7 Å². The van der Waals surface area contributed by atoms with Crippen molar-refractivity contribution in [1.82, 2.24) is 5.32 Å². The second-order valence-electron chi connectivity index (χ2n) is 7.16. The van der Waals surface area contributed by atoms with Crippen LogP contribution in [0.5, 0.6) is 11.5 Å². The van der Waals surface area contributed by atoms with Gasteiger partial charge in [0.25, 0.3) is 0 Å². The standard InChI is InChI=1S/C22H27N3O3S/c1-15(2)28-19-11-6-16(13-20(19)27-3)14-23-22(29)24-17-7-9-18(10-8-17)25-12-4-5-21(25)26/h6-11,13,15H,4-5,12,14H2,1-3H3,(H2,23,24,29). The number of benzene rings is 2. The van der Waals surface area contributed by atoms with E-state index in [2.05, 4.69) is 10.6 Å². The van der Waals surface area contributed by atoms with Gasteiger partial charge in [0.1, 0.15) is 0 Å². The van der Waals surface area contributed by atoms with Crippen molar-refractivity contribution < 1.29 is 14.3 Å². The fraction of sp³-hybridized carbons (Fsp3) is 0.364. The first-order valence-corrected chi connectivity index (χ1v) is 10.2. The van der Waals surface area contributed by atoms with E-state index in [-0.39, 0.29) is 12.0 Å². The Morgan fingerprint density at radius 1 is 1.17 bits per heavy atom. The predicted octanol–water partition coefficient (Wildman–Crippen LogP) is 4.10. The molecule has 154 valence electrons. The SMILES string of the molecule is COc1cc(CNC(=S)Nc2ccc(N3CCCC3=O)cc2)ccc1OC(C)C. The Balaban J connectivity index is 1.54. The number of ether oxygens (including phenoxy) is 2. The number of hydrogen-bond acceptors (Lipinski definition) is 4. The summed E-state index contributed by atoms with van der Waals surface area (Å²) in [5.41, 5.74) is 2.83. The van der Waals surface area contributed by atoms with Gasteiger partial charge in [-0.3, -0.25) is 4.79 Å². The van der Waals surface area contributed by atoms with Gasteiger partial charge in [-0.25, -0.2) is 0 Å². The van der Waals surface area contributed by atoms with Crippen molar-refractivity contribution in [1.29, 1.82) is 0 Å². The molecule has 0 aliphatic carbocycles. The third kappa shape index (κ3) is 5.60. The highest BCUT2D eigenvalue weighted by molar-refractivity contribution is 7.80. The molecule has 1 aliphatic heterocycles. The molecular weight excluding hydrogens is 386 g/mol. The van der Waals surface area contributed by atoms with Crippen molar-refractivity contribution in [3.05, 3.63) is 48.0 Å². The molecule has 0 spiro atoms. The molecule has 1 fully saturated rings. The summed E-state index contributed by atoms with van der Waals surface area (Å²) < 4.78 is 11.2. The van der Waals surface area contributed by atoms with E-state index in [0.717, 1.165) is 35.7 Å². The van der Waals surface area contributed by atoms with Gasteiger partial charge in [0.05, 0.1) is 13.2 Å². The minimum Gasteiger partial charge on any atom is -0.493 e. The van der Waals surface area contributed by atoms with Crippen LogP contribution in [-0.4, -0.2) is 30.8 Å². The molecule has 0 bridgehead atoms. The number of anilines is 2. The van der Waals surface area contributed by atoms with E-state index >= 15 is 0 Å². The maximum atomic E-state index is 11.8. The van der Waals surface area contributed by atoms with Gasteiger partial charge in [-0.2, -0.15) is 0 Å². The molecule has 2 aromatic carbocycles. The van der Waals surface area contributed by atoms with Gasteiger partial charge >= 0.3 is 0 Å². The number of nitrogens with one attached hydrogen (secondary N) is 2. The maximum Gasteiger partial charge on any atom is 0.227 e. The summed E-state index contributed by atoms with van der Waals surface area (Å²) >= 11 is 5.40. The highest BCUT2D eigenvalue weighted by Crippen LogP contribution is 2.29. The second-order valence-corrected chi connectivity index (χ2v) is 7.56. The Labute approximate surface area is 177 Å². The van der Waals surface area contributed by atoms with E-state index in [1.807, 2.05) is 61.2 Å². The minimum atomic E-state index is 0.0830. The van der Waals surface area contributed by atoms with Gasteiger partial charge in [-0.15, -0.1) is 0 Å². The first-order valence-electron chi connectivity index (χ1n) is 9.75. The first-order chi connectivity index (χ1) is 14.0. The van der Waals surface area contributed by atoms with Crippen LogP contribution in [0.3, 0.4) is 0 Å². The Bertz CT molecular complexity index is 868. The molecule has 1 heterocycles. The van der Waals surface area contributed by atoms with Crippen molar-refractivity contribution in [2.45, 2.75) is 39.3 Å². The monoisotopic (exact) mass is 413 g/mol. The van der Waals surface area contributed by atoms with Crippen LogP contribution in [0, 0.1) is 0 Å². The van der Waals surface area contributed by atoms with Crippen LogP contribution < -0.4 is 25.0 Å². The zero-order chi connectivity index (χ0) is 20.8. The molecule has 3 rings (SSSR count). The summed E-state index contributed by atoms with van der Waals surface area (Å²) in [7, 11) is 1.63. The number of thiocarbonyl (C=S) groups is 1. The van der Waals surface area contributed by atoms with E-state index in [9.17, 15) is 4.79 Å². The highest BCUT2D eigenvalue weighted by Gasteiger charge is 2.21. The summed E-state index contributed by atoms with van der Waals surface area (Å²) in [6.45, 7) is 5.31. The third-order valence-corrected chi connectivity index (χ3v) is 4.80. The molecule has 2 aromatic rings. The molecule has 0 atom stereocenters. The number of carbonyl (C=O) groups excluding carboxylic acids is 1. The number of methoxy groups -OCH3 is 1. The van der Waals surface area contributed by atoms with Gasteiger partial charge < -0.3 is 25.0 Å². The van der Waals surface area contributed by atoms with Gasteiger partial charge in [0, 0.05) is 30.9 Å². The molecule has 0 aromatic heterocycles. The van der Waals surface area contributed by atoms with E-state index in [1.54, 1.807) is 7.11 Å². The summed E-state index contributed by atoms with van der Waals surface area (Å²) in [4.78, 5) is 13.7. The second kappa shape index (κ2) is 9.60. The fourth-order valence-corrected chi connectivity index (χ4v) is 3.37. The molecule has 6 nitrogen and oxygen atoms in total. The lowest BCUT2D eigenvalue weighted by Gasteiger charge is -2.17. The molecule has 2 N–H and O–H groups in total. The third-order valence-electron chi connectivity index (χ3n) is 4.55. The molecule has 1 saturated heterocycles. The average molecular weight is 414 g/mol. The van der Waals surface area contributed by atoms with Crippen LogP contribution in [0.4, 0.5) is 11.4 Å². The fourth-order valence-electron chi connectivity index (χ4n) is 3.18. The number of hydrogen-bond donors (Lipinski definition) is 2. The van der Waals surface area contributed by atoms with Gasteiger partial charge in [0.2, 0.25) is 5.91 Å². The summed E-state index contributed by atoms with van der Waals surface area (Å²) in [6, 6.07) is 13.6. The zero-order valence-corrected chi connectivity index (χ0v) is 17.8. The number of carbonyl (C=O) groups is 1. The topological polar surface area (TPSA) is 62.8 Å².